The zero-order chi connectivity index (χ0) is 32.4. The lowest BCUT2D eigenvalue weighted by molar-refractivity contribution is -0.123. The second kappa shape index (κ2) is 11.1. The molecule has 1 fully saturated rings. The maximum Gasteiger partial charge on any atom is 0.251 e. The molecule has 1 unspecified atom stereocenters. The van der Waals surface area contributed by atoms with Gasteiger partial charge >= 0.3 is 0 Å². The lowest BCUT2D eigenvalue weighted by Gasteiger charge is -2.30. The highest BCUT2D eigenvalue weighted by molar-refractivity contribution is 6.33. The summed E-state index contributed by atoms with van der Waals surface area (Å²) in [5.41, 5.74) is 4.49. The Kier molecular flexibility index (Phi) is 7.62. The minimum absolute atomic E-state index is 0.000661. The van der Waals surface area contributed by atoms with Crippen LogP contribution in [-0.2, 0) is 15.8 Å². The van der Waals surface area contributed by atoms with Crippen LogP contribution in [0.1, 0.15) is 47.1 Å². The Morgan fingerprint density at radius 3 is 2.60 bits per heavy atom. The van der Waals surface area contributed by atoms with Gasteiger partial charge in [-0.1, -0.05) is 23.2 Å². The number of halogens is 4. The molecule has 0 spiro atoms. The van der Waals surface area contributed by atoms with Gasteiger partial charge in [-0.2, -0.15) is 0 Å². The number of ether oxygens (including phenoxy) is 2. The van der Waals surface area contributed by atoms with Crippen molar-refractivity contribution in [2.75, 3.05) is 20.3 Å². The Morgan fingerprint density at radius 1 is 1.20 bits per heavy atom. The van der Waals surface area contributed by atoms with E-state index >= 15 is 0 Å². The van der Waals surface area contributed by atoms with E-state index in [1.807, 2.05) is 0 Å². The number of pyridine rings is 2. The molecule has 2 aromatic heterocycles. The number of primary amides is 1. The van der Waals surface area contributed by atoms with Crippen LogP contribution in [0.5, 0.6) is 11.5 Å². The van der Waals surface area contributed by atoms with Crippen LogP contribution in [0, 0.1) is 24.5 Å². The van der Waals surface area contributed by atoms with Crippen molar-refractivity contribution < 1.29 is 33.0 Å². The molecule has 6 rings (SSSR count). The molecule has 4 aromatic rings. The highest BCUT2D eigenvalue weighted by Crippen LogP contribution is 2.50. The summed E-state index contributed by atoms with van der Waals surface area (Å²) in [6.45, 7) is 2.93. The third-order valence-electron chi connectivity index (χ3n) is 8.62. The van der Waals surface area contributed by atoms with Gasteiger partial charge in [0.2, 0.25) is 5.91 Å². The van der Waals surface area contributed by atoms with Crippen LogP contribution in [0.15, 0.2) is 36.4 Å². The van der Waals surface area contributed by atoms with Gasteiger partial charge in [0.1, 0.15) is 40.3 Å². The largest absolute Gasteiger partial charge is 0.494 e. The van der Waals surface area contributed by atoms with E-state index in [1.165, 1.54) is 19.2 Å². The zero-order valence-electron chi connectivity index (χ0n) is 24.4. The van der Waals surface area contributed by atoms with Crippen LogP contribution in [0.2, 0.25) is 10.0 Å². The van der Waals surface area contributed by atoms with Gasteiger partial charge in [-0.15, -0.1) is 0 Å². The molecule has 0 bridgehead atoms. The average Bonchev–Trinajstić information content (AvgIpc) is 3.82. The lowest BCUT2D eigenvalue weighted by atomic mass is 9.81. The Hall–Kier alpha value is -4.06. The van der Waals surface area contributed by atoms with E-state index in [0.29, 0.717) is 45.8 Å². The predicted octanol–water partition coefficient (Wildman–Crippen LogP) is 5.36. The van der Waals surface area contributed by atoms with E-state index in [2.05, 4.69) is 15.3 Å². The number of aryl methyl sites for hydroxylation is 1. The maximum absolute atomic E-state index is 14.6. The molecule has 9 nitrogen and oxygen atoms in total. The van der Waals surface area contributed by atoms with Gasteiger partial charge in [0, 0.05) is 22.1 Å². The second-order valence-electron chi connectivity index (χ2n) is 11.6. The standard InChI is InChI=1S/C32H28Cl2F2N4O5/c1-14-20(33)9-15-8-16(10-22(44-3)26(15)39-14)29(41)38-12-32(43,17-4-5-17)23-11-19-28(45-13-31(19,2)30(37)42)27(40-23)18-6-7-21(35)25(36)24(18)34/h6-11,17,43H,4-5,12-13H2,1-3H3,(H2,37,42)(H,38,41)/t31-,32?/m0/s1. The van der Waals surface area contributed by atoms with Gasteiger partial charge in [-0.3, -0.25) is 9.59 Å². The number of hydrogen-bond donors (Lipinski definition) is 3. The highest BCUT2D eigenvalue weighted by Gasteiger charge is 2.50. The number of rotatable bonds is 8. The maximum atomic E-state index is 14.6. The molecule has 234 valence electrons. The van der Waals surface area contributed by atoms with Crippen molar-refractivity contribution in [3.05, 3.63) is 80.6 Å². The topological polar surface area (TPSA) is 137 Å². The van der Waals surface area contributed by atoms with E-state index in [1.54, 1.807) is 32.0 Å². The summed E-state index contributed by atoms with van der Waals surface area (Å²) in [7, 11) is 1.47. The summed E-state index contributed by atoms with van der Waals surface area (Å²) in [6.07, 6.45) is 1.26. The molecule has 0 radical (unpaired) electrons. The first-order valence-electron chi connectivity index (χ1n) is 14.1. The number of carbonyl (C=O) groups is 2. The molecule has 1 aliphatic carbocycles. The van der Waals surface area contributed by atoms with Gasteiger partial charge in [0.05, 0.1) is 35.1 Å². The van der Waals surface area contributed by atoms with Crippen LogP contribution < -0.4 is 20.5 Å². The average molecular weight is 658 g/mol. The molecule has 1 saturated carbocycles. The molecular weight excluding hydrogens is 629 g/mol. The molecule has 4 N–H and O–H groups in total. The fraction of sp³-hybridized carbons (Fsp3) is 0.312. The first kappa shape index (κ1) is 30.9. The molecule has 13 heteroatoms. The molecule has 0 saturated heterocycles. The van der Waals surface area contributed by atoms with Crippen LogP contribution >= 0.6 is 23.2 Å². The van der Waals surface area contributed by atoms with E-state index in [-0.39, 0.29) is 47.3 Å². The normalized spacial score (nSPS) is 18.7. The third-order valence-corrected chi connectivity index (χ3v) is 9.37. The fourth-order valence-corrected chi connectivity index (χ4v) is 6.03. The number of amides is 2. The van der Waals surface area contributed by atoms with Crippen LogP contribution in [0.4, 0.5) is 8.78 Å². The number of aromatic nitrogens is 2. The summed E-state index contributed by atoms with van der Waals surface area (Å²) < 4.78 is 39.9. The summed E-state index contributed by atoms with van der Waals surface area (Å²) in [6, 6.07) is 8.51. The highest BCUT2D eigenvalue weighted by atomic mass is 35.5. The molecular formula is C32H28Cl2F2N4O5. The second-order valence-corrected chi connectivity index (χ2v) is 12.4. The third kappa shape index (κ3) is 5.12. The van der Waals surface area contributed by atoms with Crippen molar-refractivity contribution in [2.24, 2.45) is 11.7 Å². The Labute approximate surface area is 266 Å². The summed E-state index contributed by atoms with van der Waals surface area (Å²) >= 11 is 12.5. The Morgan fingerprint density at radius 2 is 1.93 bits per heavy atom. The van der Waals surface area contributed by atoms with Crippen LogP contribution in [0.25, 0.3) is 22.2 Å². The van der Waals surface area contributed by atoms with Gasteiger partial charge in [0.15, 0.2) is 11.6 Å². The van der Waals surface area contributed by atoms with E-state index in [4.69, 9.17) is 38.4 Å². The number of methoxy groups -OCH3 is 1. The predicted molar refractivity (Wildman–Crippen MR) is 164 cm³/mol. The van der Waals surface area contributed by atoms with Gasteiger partial charge < -0.3 is 25.6 Å². The van der Waals surface area contributed by atoms with Crippen molar-refractivity contribution in [3.8, 4) is 22.8 Å². The Balaban J connectivity index is 1.42. The molecule has 2 aromatic carbocycles. The number of nitrogens with zero attached hydrogens (tertiary/aromatic N) is 2. The van der Waals surface area contributed by atoms with Gasteiger partial charge in [0.25, 0.3) is 5.91 Å². The minimum atomic E-state index is -1.73. The first-order valence-corrected chi connectivity index (χ1v) is 14.8. The van der Waals surface area contributed by atoms with Crippen LogP contribution in [0.3, 0.4) is 0 Å². The van der Waals surface area contributed by atoms with E-state index in [9.17, 15) is 23.5 Å². The van der Waals surface area contributed by atoms with Crippen molar-refractivity contribution in [2.45, 2.75) is 37.7 Å². The van der Waals surface area contributed by atoms with Crippen molar-refractivity contribution >= 4 is 45.9 Å². The molecule has 2 atom stereocenters. The van der Waals surface area contributed by atoms with E-state index < -0.39 is 39.5 Å². The monoisotopic (exact) mass is 656 g/mol. The number of carbonyl (C=O) groups excluding carboxylic acids is 2. The number of fused-ring (bicyclic) bond motifs is 2. The fourth-order valence-electron chi connectivity index (χ4n) is 5.63. The quantitative estimate of drug-likeness (QED) is 0.217. The molecule has 45 heavy (non-hydrogen) atoms. The van der Waals surface area contributed by atoms with Gasteiger partial charge in [-0.25, -0.2) is 18.7 Å². The Bertz CT molecular complexity index is 1920. The number of nitrogens with one attached hydrogen (secondary N) is 1. The molecule has 3 heterocycles. The van der Waals surface area contributed by atoms with Crippen LogP contribution in [-0.4, -0.2) is 47.2 Å². The van der Waals surface area contributed by atoms with Crippen molar-refractivity contribution in [1.29, 1.82) is 0 Å². The number of aliphatic hydroxyl groups is 1. The number of hydrogen-bond acceptors (Lipinski definition) is 7. The lowest BCUT2D eigenvalue weighted by Crippen LogP contribution is -2.44. The number of benzene rings is 2. The summed E-state index contributed by atoms with van der Waals surface area (Å²) in [5.74, 6) is -3.48. The summed E-state index contributed by atoms with van der Waals surface area (Å²) in [5, 5.41) is 15.5. The van der Waals surface area contributed by atoms with Crippen molar-refractivity contribution in [3.63, 3.8) is 0 Å². The summed E-state index contributed by atoms with van der Waals surface area (Å²) in [4.78, 5) is 35.2. The SMILES string of the molecule is COc1cc(C(=O)NCC(O)(c2cc3c(c(-c4ccc(F)c(F)c4Cl)n2)OC[C@]3(C)C(N)=O)C2CC2)cc2cc(Cl)c(C)nc12. The zero-order valence-corrected chi connectivity index (χ0v) is 25.9. The van der Waals surface area contributed by atoms with Gasteiger partial charge in [-0.05, 0) is 69.0 Å². The molecule has 1 aliphatic heterocycles. The molecule has 2 aliphatic rings. The van der Waals surface area contributed by atoms with E-state index in [0.717, 1.165) is 6.07 Å². The molecule has 2 amide bonds. The minimum Gasteiger partial charge on any atom is -0.494 e. The smallest absolute Gasteiger partial charge is 0.251 e. The van der Waals surface area contributed by atoms with Crippen molar-refractivity contribution in [1.82, 2.24) is 15.3 Å². The number of nitrogens with two attached hydrogens (primary N) is 1. The first-order chi connectivity index (χ1) is 21.3.